The van der Waals surface area contributed by atoms with Crippen molar-refractivity contribution in [3.63, 3.8) is 0 Å². The number of carbonyl (C=O) groups excluding carboxylic acids is 2. The molecule has 0 unspecified atom stereocenters. The van der Waals surface area contributed by atoms with E-state index in [4.69, 9.17) is 27.2 Å². The highest BCUT2D eigenvalue weighted by atomic mass is 35.5. The van der Waals surface area contributed by atoms with Crippen LogP contribution in [-0.2, 0) is 0 Å². The predicted octanol–water partition coefficient (Wildman–Crippen LogP) is 1.79. The molecule has 0 radical (unpaired) electrons. The molecule has 1 heterocycles. The van der Waals surface area contributed by atoms with Crippen molar-refractivity contribution in [2.24, 2.45) is 5.73 Å². The lowest BCUT2D eigenvalue weighted by Crippen LogP contribution is -2.17. The van der Waals surface area contributed by atoms with Crippen molar-refractivity contribution < 1.29 is 24.2 Å². The number of ether oxygens (including phenoxy) is 1. The summed E-state index contributed by atoms with van der Waals surface area (Å²) < 4.78 is 5.11. The second-order valence-corrected chi connectivity index (χ2v) is 5.03. The molecule has 2 rings (SSSR count). The van der Waals surface area contributed by atoms with Crippen LogP contribution < -0.4 is 15.8 Å². The number of rotatable bonds is 5. The van der Waals surface area contributed by atoms with Crippen LogP contribution in [0.2, 0.25) is 5.02 Å². The summed E-state index contributed by atoms with van der Waals surface area (Å²) in [5.74, 6) is -2.49. The molecule has 0 spiro atoms. The molecule has 0 aliphatic rings. The highest BCUT2D eigenvalue weighted by Gasteiger charge is 2.18. The van der Waals surface area contributed by atoms with E-state index in [1.54, 1.807) is 0 Å². The van der Waals surface area contributed by atoms with E-state index in [9.17, 15) is 14.4 Å². The van der Waals surface area contributed by atoms with Crippen molar-refractivity contribution in [2.75, 3.05) is 12.4 Å². The molecule has 0 aliphatic heterocycles. The first-order valence-electron chi connectivity index (χ1n) is 6.51. The second-order valence-electron chi connectivity index (χ2n) is 4.59. The Morgan fingerprint density at radius 2 is 2.00 bits per heavy atom. The maximum Gasteiger partial charge on any atom is 0.354 e. The molecule has 0 atom stereocenters. The maximum absolute atomic E-state index is 12.2. The first kappa shape index (κ1) is 17.2. The summed E-state index contributed by atoms with van der Waals surface area (Å²) in [5, 5.41) is 11.5. The average molecular weight is 350 g/mol. The Balaban J connectivity index is 2.34. The molecule has 1 aromatic carbocycles. The molecular formula is C15H12ClN3O5. The zero-order valence-electron chi connectivity index (χ0n) is 12.4. The Labute approximate surface area is 141 Å². The summed E-state index contributed by atoms with van der Waals surface area (Å²) in [7, 11) is 1.31. The van der Waals surface area contributed by atoms with Crippen molar-refractivity contribution in [2.45, 2.75) is 0 Å². The number of methoxy groups -OCH3 is 1. The van der Waals surface area contributed by atoms with Gasteiger partial charge in [-0.3, -0.25) is 9.59 Å². The zero-order valence-corrected chi connectivity index (χ0v) is 13.1. The minimum atomic E-state index is -1.20. The number of nitrogens with zero attached hydrogens (tertiary/aromatic N) is 1. The summed E-state index contributed by atoms with van der Waals surface area (Å²) in [6.45, 7) is 0. The molecule has 1 aromatic heterocycles. The normalized spacial score (nSPS) is 10.1. The smallest absolute Gasteiger partial charge is 0.354 e. The Bertz CT molecular complexity index is 821. The van der Waals surface area contributed by atoms with E-state index in [-0.39, 0.29) is 33.3 Å². The van der Waals surface area contributed by atoms with Crippen LogP contribution in [0.3, 0.4) is 0 Å². The molecule has 0 saturated heterocycles. The molecule has 0 fully saturated rings. The number of carboxylic acids is 1. The number of hydrogen-bond acceptors (Lipinski definition) is 5. The van der Waals surface area contributed by atoms with Crippen LogP contribution in [0.1, 0.15) is 31.2 Å². The van der Waals surface area contributed by atoms with Crippen molar-refractivity contribution in [3.05, 3.63) is 52.3 Å². The fourth-order valence-electron chi connectivity index (χ4n) is 1.94. The van der Waals surface area contributed by atoms with Gasteiger partial charge in [0.05, 0.1) is 23.9 Å². The van der Waals surface area contributed by atoms with Gasteiger partial charge in [0.15, 0.2) is 5.75 Å². The molecule has 4 N–H and O–H groups in total. The van der Waals surface area contributed by atoms with E-state index < -0.39 is 17.8 Å². The number of primary amides is 1. The van der Waals surface area contributed by atoms with Crippen LogP contribution >= 0.6 is 11.6 Å². The van der Waals surface area contributed by atoms with Gasteiger partial charge in [0.1, 0.15) is 5.69 Å². The minimum Gasteiger partial charge on any atom is -0.494 e. The standard InChI is InChI=1S/C15H12ClN3O5/c1-24-12-9(13(17)20)4-8(16)5-11(12)19-14(21)7-2-3-10(15(22)23)18-6-7/h2-6H,1H3,(H2,17,20)(H,19,21)(H,22,23). The third-order valence-corrected chi connectivity index (χ3v) is 3.23. The van der Waals surface area contributed by atoms with Gasteiger partial charge in [-0.1, -0.05) is 11.6 Å². The first-order chi connectivity index (χ1) is 11.3. The van der Waals surface area contributed by atoms with E-state index in [2.05, 4.69) is 10.3 Å². The molecular weight excluding hydrogens is 338 g/mol. The van der Waals surface area contributed by atoms with Gasteiger partial charge in [-0.25, -0.2) is 9.78 Å². The number of hydrogen-bond donors (Lipinski definition) is 3. The van der Waals surface area contributed by atoms with Crippen LogP contribution in [0.5, 0.6) is 5.75 Å². The number of nitrogens with two attached hydrogens (primary N) is 1. The second kappa shape index (κ2) is 6.97. The summed E-state index contributed by atoms with van der Waals surface area (Å²) in [6, 6.07) is 5.21. The summed E-state index contributed by atoms with van der Waals surface area (Å²) in [5.41, 5.74) is 5.34. The molecule has 0 aliphatic carbocycles. The van der Waals surface area contributed by atoms with Crippen LogP contribution in [0.15, 0.2) is 30.5 Å². The van der Waals surface area contributed by atoms with Crippen LogP contribution in [0, 0.1) is 0 Å². The van der Waals surface area contributed by atoms with Crippen LogP contribution in [0.4, 0.5) is 5.69 Å². The van der Waals surface area contributed by atoms with E-state index >= 15 is 0 Å². The maximum atomic E-state index is 12.2. The van der Waals surface area contributed by atoms with Gasteiger partial charge in [-0.05, 0) is 24.3 Å². The van der Waals surface area contributed by atoms with Gasteiger partial charge in [-0.15, -0.1) is 0 Å². The van der Waals surface area contributed by atoms with E-state index in [1.165, 1.54) is 31.4 Å². The van der Waals surface area contributed by atoms with Crippen molar-refractivity contribution in [1.29, 1.82) is 0 Å². The number of amides is 2. The SMILES string of the molecule is COc1c(NC(=O)c2ccc(C(=O)O)nc2)cc(Cl)cc1C(N)=O. The number of aromatic nitrogens is 1. The molecule has 9 heteroatoms. The highest BCUT2D eigenvalue weighted by molar-refractivity contribution is 6.31. The molecule has 8 nitrogen and oxygen atoms in total. The van der Waals surface area contributed by atoms with Crippen LogP contribution in [-0.4, -0.2) is 35.0 Å². The van der Waals surface area contributed by atoms with E-state index in [0.717, 1.165) is 6.20 Å². The summed E-state index contributed by atoms with van der Waals surface area (Å²) in [6.07, 6.45) is 1.12. The van der Waals surface area contributed by atoms with Gasteiger partial charge in [0.25, 0.3) is 11.8 Å². The largest absolute Gasteiger partial charge is 0.494 e. The lowest BCUT2D eigenvalue weighted by Gasteiger charge is -2.13. The lowest BCUT2D eigenvalue weighted by molar-refractivity contribution is 0.0689. The average Bonchev–Trinajstić information content (AvgIpc) is 2.54. The van der Waals surface area contributed by atoms with Crippen LogP contribution in [0.25, 0.3) is 0 Å². The van der Waals surface area contributed by atoms with Crippen molar-refractivity contribution >= 4 is 35.1 Å². The minimum absolute atomic E-state index is 0.0136. The zero-order chi connectivity index (χ0) is 17.9. The number of pyridine rings is 1. The van der Waals surface area contributed by atoms with E-state index in [0.29, 0.717) is 0 Å². The van der Waals surface area contributed by atoms with Crippen molar-refractivity contribution in [3.8, 4) is 5.75 Å². The number of carbonyl (C=O) groups is 3. The Morgan fingerprint density at radius 1 is 1.29 bits per heavy atom. The number of nitrogens with one attached hydrogen (secondary N) is 1. The number of anilines is 1. The quantitative estimate of drug-likeness (QED) is 0.754. The van der Waals surface area contributed by atoms with Gasteiger partial charge >= 0.3 is 5.97 Å². The van der Waals surface area contributed by atoms with Crippen molar-refractivity contribution in [1.82, 2.24) is 4.98 Å². The third kappa shape index (κ3) is 3.61. The number of halogens is 1. The van der Waals surface area contributed by atoms with Gasteiger partial charge in [0, 0.05) is 11.2 Å². The molecule has 124 valence electrons. The number of benzene rings is 1. The number of carboxylic acid groups (broad SMARTS) is 1. The summed E-state index contributed by atoms with van der Waals surface area (Å²) in [4.78, 5) is 38.1. The van der Waals surface area contributed by atoms with Gasteiger partial charge in [-0.2, -0.15) is 0 Å². The first-order valence-corrected chi connectivity index (χ1v) is 6.89. The molecule has 2 aromatic rings. The van der Waals surface area contributed by atoms with E-state index in [1.807, 2.05) is 0 Å². The van der Waals surface area contributed by atoms with Gasteiger partial charge in [0.2, 0.25) is 0 Å². The topological polar surface area (TPSA) is 132 Å². The highest BCUT2D eigenvalue weighted by Crippen LogP contribution is 2.32. The predicted molar refractivity (Wildman–Crippen MR) is 85.7 cm³/mol. The fourth-order valence-corrected chi connectivity index (χ4v) is 2.16. The molecule has 0 saturated carbocycles. The van der Waals surface area contributed by atoms with Gasteiger partial charge < -0.3 is 20.9 Å². The monoisotopic (exact) mass is 349 g/mol. The summed E-state index contributed by atoms with van der Waals surface area (Å²) >= 11 is 5.92. The Hall–Kier alpha value is -3.13. The molecule has 2 amide bonds. The Morgan fingerprint density at radius 3 is 2.50 bits per heavy atom. The fraction of sp³-hybridized carbons (Fsp3) is 0.0667. The lowest BCUT2D eigenvalue weighted by atomic mass is 10.1. The molecule has 24 heavy (non-hydrogen) atoms. The number of aromatic carboxylic acids is 1. The Kier molecular flexibility index (Phi) is 5.00. The molecule has 0 bridgehead atoms. The third-order valence-electron chi connectivity index (χ3n) is 3.02.